The molecule has 0 N–H and O–H groups in total. The summed E-state index contributed by atoms with van der Waals surface area (Å²) in [6.45, 7) is 5.61. The molecule has 0 unspecified atom stereocenters. The first-order chi connectivity index (χ1) is 7.74. The number of nitrogens with zero attached hydrogens (tertiary/aromatic N) is 2. The summed E-state index contributed by atoms with van der Waals surface area (Å²) in [5.41, 5.74) is 0.913. The Morgan fingerprint density at radius 1 is 1.56 bits per heavy atom. The zero-order valence-corrected chi connectivity index (χ0v) is 9.53. The van der Waals surface area contributed by atoms with Crippen LogP contribution in [-0.4, -0.2) is 35.7 Å². The van der Waals surface area contributed by atoms with Crippen LogP contribution in [0.5, 0.6) is 0 Å². The average molecular weight is 224 g/mol. The lowest BCUT2D eigenvalue weighted by molar-refractivity contribution is 0.0666. The first kappa shape index (κ1) is 11.5. The standard InChI is InChI=1S/C12H17FN2O/c1-10-8-15(5-2-6-16-10)9-12-4-3-11(13)7-14-12/h3-4,7,10H,2,5-6,8-9H2,1H3/t10-/m0/s1. The molecule has 0 amide bonds. The summed E-state index contributed by atoms with van der Waals surface area (Å²) < 4.78 is 18.3. The summed E-state index contributed by atoms with van der Waals surface area (Å²) in [6.07, 6.45) is 2.58. The van der Waals surface area contributed by atoms with Crippen molar-refractivity contribution in [3.05, 3.63) is 29.8 Å². The number of hydrogen-bond acceptors (Lipinski definition) is 3. The van der Waals surface area contributed by atoms with Crippen LogP contribution in [0.3, 0.4) is 0 Å². The Balaban J connectivity index is 1.95. The molecule has 88 valence electrons. The largest absolute Gasteiger partial charge is 0.377 e. The van der Waals surface area contributed by atoms with E-state index in [-0.39, 0.29) is 11.9 Å². The van der Waals surface area contributed by atoms with Crippen LogP contribution in [0.25, 0.3) is 0 Å². The summed E-state index contributed by atoms with van der Waals surface area (Å²) >= 11 is 0. The number of ether oxygens (including phenoxy) is 1. The number of hydrogen-bond donors (Lipinski definition) is 0. The van der Waals surface area contributed by atoms with E-state index in [4.69, 9.17) is 4.74 Å². The van der Waals surface area contributed by atoms with Gasteiger partial charge in [0.05, 0.1) is 18.0 Å². The molecule has 1 aliphatic rings. The molecule has 4 heteroatoms. The van der Waals surface area contributed by atoms with Crippen molar-refractivity contribution in [1.29, 1.82) is 0 Å². The van der Waals surface area contributed by atoms with Crippen molar-refractivity contribution < 1.29 is 9.13 Å². The first-order valence-electron chi connectivity index (χ1n) is 5.68. The molecule has 1 aliphatic heterocycles. The van der Waals surface area contributed by atoms with Gasteiger partial charge in [0.25, 0.3) is 0 Å². The van der Waals surface area contributed by atoms with Crippen LogP contribution in [0.2, 0.25) is 0 Å². The van der Waals surface area contributed by atoms with Crippen LogP contribution in [0.1, 0.15) is 19.0 Å². The molecule has 0 aromatic carbocycles. The average Bonchev–Trinajstić information content (AvgIpc) is 2.46. The fourth-order valence-electron chi connectivity index (χ4n) is 1.95. The van der Waals surface area contributed by atoms with Crippen LogP contribution in [0.15, 0.2) is 18.3 Å². The Bertz CT molecular complexity index is 328. The molecule has 1 atom stereocenters. The summed E-state index contributed by atoms with van der Waals surface area (Å²) in [5.74, 6) is -0.281. The van der Waals surface area contributed by atoms with Gasteiger partial charge in [-0.05, 0) is 25.5 Å². The van der Waals surface area contributed by atoms with Crippen molar-refractivity contribution in [2.24, 2.45) is 0 Å². The van der Waals surface area contributed by atoms with E-state index in [0.29, 0.717) is 0 Å². The topological polar surface area (TPSA) is 25.4 Å². The molecule has 0 bridgehead atoms. The molecular weight excluding hydrogens is 207 g/mol. The Labute approximate surface area is 95.2 Å². The first-order valence-corrected chi connectivity index (χ1v) is 5.68. The summed E-state index contributed by atoms with van der Waals surface area (Å²) in [6, 6.07) is 3.20. The molecule has 1 fully saturated rings. The minimum atomic E-state index is -0.281. The highest BCUT2D eigenvalue weighted by molar-refractivity contribution is 5.05. The van der Waals surface area contributed by atoms with Crippen LogP contribution in [0.4, 0.5) is 4.39 Å². The zero-order chi connectivity index (χ0) is 11.4. The number of aromatic nitrogens is 1. The molecule has 0 aliphatic carbocycles. The highest BCUT2D eigenvalue weighted by Gasteiger charge is 2.15. The van der Waals surface area contributed by atoms with Gasteiger partial charge in [-0.15, -0.1) is 0 Å². The maximum absolute atomic E-state index is 12.7. The van der Waals surface area contributed by atoms with Crippen molar-refractivity contribution in [2.75, 3.05) is 19.7 Å². The van der Waals surface area contributed by atoms with E-state index in [1.54, 1.807) is 6.07 Å². The van der Waals surface area contributed by atoms with E-state index in [0.717, 1.165) is 38.4 Å². The van der Waals surface area contributed by atoms with Crippen LogP contribution < -0.4 is 0 Å². The van der Waals surface area contributed by atoms with Gasteiger partial charge < -0.3 is 4.74 Å². The minimum absolute atomic E-state index is 0.267. The lowest BCUT2D eigenvalue weighted by Gasteiger charge is -2.21. The highest BCUT2D eigenvalue weighted by Crippen LogP contribution is 2.09. The van der Waals surface area contributed by atoms with Crippen molar-refractivity contribution in [2.45, 2.75) is 26.0 Å². The number of pyridine rings is 1. The summed E-state index contributed by atoms with van der Waals surface area (Å²) in [4.78, 5) is 6.37. The number of rotatable bonds is 2. The third-order valence-corrected chi connectivity index (χ3v) is 2.71. The maximum atomic E-state index is 12.7. The SMILES string of the molecule is C[C@H]1CN(Cc2ccc(F)cn2)CCCO1. The van der Waals surface area contributed by atoms with Gasteiger partial charge in [0, 0.05) is 26.2 Å². The van der Waals surface area contributed by atoms with E-state index in [1.165, 1.54) is 12.3 Å². The third-order valence-electron chi connectivity index (χ3n) is 2.71. The molecule has 0 radical (unpaired) electrons. The molecule has 1 saturated heterocycles. The van der Waals surface area contributed by atoms with Gasteiger partial charge >= 0.3 is 0 Å². The quantitative estimate of drug-likeness (QED) is 0.766. The summed E-state index contributed by atoms with van der Waals surface area (Å²) in [5, 5.41) is 0. The molecule has 2 rings (SSSR count). The third kappa shape index (κ3) is 3.25. The predicted molar refractivity (Wildman–Crippen MR) is 59.5 cm³/mol. The molecule has 1 aromatic rings. The Hall–Kier alpha value is -1.00. The predicted octanol–water partition coefficient (Wildman–Crippen LogP) is 1.83. The van der Waals surface area contributed by atoms with Crippen molar-refractivity contribution in [1.82, 2.24) is 9.88 Å². The van der Waals surface area contributed by atoms with Gasteiger partial charge in [0.1, 0.15) is 5.82 Å². The maximum Gasteiger partial charge on any atom is 0.141 e. The second-order valence-electron chi connectivity index (χ2n) is 4.24. The fraction of sp³-hybridized carbons (Fsp3) is 0.583. The van der Waals surface area contributed by atoms with Crippen LogP contribution >= 0.6 is 0 Å². The molecule has 0 spiro atoms. The van der Waals surface area contributed by atoms with E-state index in [2.05, 4.69) is 16.8 Å². The van der Waals surface area contributed by atoms with Crippen molar-refractivity contribution >= 4 is 0 Å². The highest BCUT2D eigenvalue weighted by atomic mass is 19.1. The van der Waals surface area contributed by atoms with Crippen LogP contribution in [-0.2, 0) is 11.3 Å². The van der Waals surface area contributed by atoms with E-state index >= 15 is 0 Å². The second kappa shape index (κ2) is 5.37. The van der Waals surface area contributed by atoms with Gasteiger partial charge in [-0.2, -0.15) is 0 Å². The smallest absolute Gasteiger partial charge is 0.141 e. The lowest BCUT2D eigenvalue weighted by Crippen LogP contribution is -2.30. The van der Waals surface area contributed by atoms with Gasteiger partial charge in [0.15, 0.2) is 0 Å². The molecule has 16 heavy (non-hydrogen) atoms. The molecule has 0 saturated carbocycles. The van der Waals surface area contributed by atoms with Gasteiger partial charge in [-0.3, -0.25) is 9.88 Å². The van der Waals surface area contributed by atoms with Crippen molar-refractivity contribution in [3.63, 3.8) is 0 Å². The second-order valence-corrected chi connectivity index (χ2v) is 4.24. The fourth-order valence-corrected chi connectivity index (χ4v) is 1.95. The van der Waals surface area contributed by atoms with Crippen molar-refractivity contribution in [3.8, 4) is 0 Å². The Kier molecular flexibility index (Phi) is 3.85. The van der Waals surface area contributed by atoms with E-state index in [1.807, 2.05) is 0 Å². The van der Waals surface area contributed by atoms with Gasteiger partial charge in [-0.25, -0.2) is 4.39 Å². The van der Waals surface area contributed by atoms with Gasteiger partial charge in [0.2, 0.25) is 0 Å². The van der Waals surface area contributed by atoms with Gasteiger partial charge in [-0.1, -0.05) is 0 Å². The number of halogens is 1. The Morgan fingerprint density at radius 2 is 2.44 bits per heavy atom. The minimum Gasteiger partial charge on any atom is -0.377 e. The molecular formula is C12H17FN2O. The van der Waals surface area contributed by atoms with E-state index < -0.39 is 0 Å². The van der Waals surface area contributed by atoms with E-state index in [9.17, 15) is 4.39 Å². The molecule has 1 aromatic heterocycles. The monoisotopic (exact) mass is 224 g/mol. The van der Waals surface area contributed by atoms with Crippen LogP contribution in [0, 0.1) is 5.82 Å². The molecule has 2 heterocycles. The molecule has 3 nitrogen and oxygen atoms in total. The normalized spacial score (nSPS) is 23.0. The summed E-state index contributed by atoms with van der Waals surface area (Å²) in [7, 11) is 0. The lowest BCUT2D eigenvalue weighted by atomic mass is 10.3. The Morgan fingerprint density at radius 3 is 3.19 bits per heavy atom. The zero-order valence-electron chi connectivity index (χ0n) is 9.53.